The number of hydrogen-bond acceptors (Lipinski definition) is 3. The van der Waals surface area contributed by atoms with Crippen molar-refractivity contribution in [2.24, 2.45) is 5.73 Å². The van der Waals surface area contributed by atoms with Crippen molar-refractivity contribution in [2.75, 3.05) is 26.2 Å². The van der Waals surface area contributed by atoms with E-state index < -0.39 is 0 Å². The lowest BCUT2D eigenvalue weighted by molar-refractivity contribution is 0.568. The molecule has 4 N–H and O–H groups in total. The molecule has 1 rings (SSSR count). The van der Waals surface area contributed by atoms with Crippen LogP contribution in [0.2, 0.25) is 0 Å². The average Bonchev–Trinajstić information content (AvgIpc) is 2.42. The van der Waals surface area contributed by atoms with Gasteiger partial charge in [-0.3, -0.25) is 0 Å². The summed E-state index contributed by atoms with van der Waals surface area (Å²) >= 11 is 0. The van der Waals surface area contributed by atoms with Gasteiger partial charge in [-0.2, -0.15) is 0 Å². The quantitative estimate of drug-likeness (QED) is 0.525. The van der Waals surface area contributed by atoms with Gasteiger partial charge in [-0.25, -0.2) is 0 Å². The summed E-state index contributed by atoms with van der Waals surface area (Å²) in [6.07, 6.45) is 4.80. The Balaban J connectivity index is 1.82. The van der Waals surface area contributed by atoms with E-state index in [9.17, 15) is 0 Å². The topological polar surface area (TPSA) is 50.1 Å². The minimum atomic E-state index is 0.811. The molecule has 1 aromatic carbocycles. The van der Waals surface area contributed by atoms with E-state index in [1.807, 2.05) is 0 Å². The molecule has 0 radical (unpaired) electrons. The maximum Gasteiger partial charge on any atom is 0.0205 e. The van der Waals surface area contributed by atoms with Crippen LogP contribution in [0, 0.1) is 0 Å². The Bertz CT molecular complexity index is 274. The molecular formula is C15H27N3. The van der Waals surface area contributed by atoms with Gasteiger partial charge in [0.05, 0.1) is 0 Å². The van der Waals surface area contributed by atoms with Crippen molar-refractivity contribution in [2.45, 2.75) is 32.2 Å². The fourth-order valence-electron chi connectivity index (χ4n) is 1.85. The monoisotopic (exact) mass is 249 g/mol. The van der Waals surface area contributed by atoms with Crippen LogP contribution in [0.4, 0.5) is 0 Å². The molecule has 0 fully saturated rings. The summed E-state index contributed by atoms with van der Waals surface area (Å²) in [4.78, 5) is 0. The predicted octanol–water partition coefficient (Wildman–Crippen LogP) is 1.88. The van der Waals surface area contributed by atoms with Crippen LogP contribution in [0.5, 0.6) is 0 Å². The van der Waals surface area contributed by atoms with Gasteiger partial charge < -0.3 is 16.4 Å². The number of benzene rings is 1. The zero-order chi connectivity index (χ0) is 12.9. The summed E-state index contributed by atoms with van der Waals surface area (Å²) < 4.78 is 0. The molecule has 0 aliphatic rings. The van der Waals surface area contributed by atoms with E-state index in [1.54, 1.807) is 0 Å². The van der Waals surface area contributed by atoms with Crippen LogP contribution in [-0.4, -0.2) is 26.2 Å². The van der Waals surface area contributed by atoms with Gasteiger partial charge in [-0.1, -0.05) is 30.3 Å². The van der Waals surface area contributed by atoms with E-state index in [1.165, 1.54) is 24.8 Å². The van der Waals surface area contributed by atoms with Crippen LogP contribution in [0.3, 0.4) is 0 Å². The molecule has 3 nitrogen and oxygen atoms in total. The van der Waals surface area contributed by atoms with Gasteiger partial charge in [-0.05, 0) is 57.4 Å². The molecular weight excluding hydrogens is 222 g/mol. The Morgan fingerprint density at radius 1 is 0.778 bits per heavy atom. The molecule has 0 bridgehead atoms. The molecule has 0 saturated heterocycles. The summed E-state index contributed by atoms with van der Waals surface area (Å²) in [6, 6.07) is 10.5. The van der Waals surface area contributed by atoms with Crippen LogP contribution in [0.25, 0.3) is 0 Å². The molecule has 0 unspecified atom stereocenters. The maximum absolute atomic E-state index is 5.44. The first-order chi connectivity index (χ1) is 8.93. The molecule has 0 amide bonds. The Morgan fingerprint density at radius 3 is 2.06 bits per heavy atom. The van der Waals surface area contributed by atoms with Crippen molar-refractivity contribution >= 4 is 0 Å². The Labute approximate surface area is 111 Å². The second-order valence-corrected chi connectivity index (χ2v) is 4.62. The summed E-state index contributed by atoms with van der Waals surface area (Å²) in [5.74, 6) is 0. The van der Waals surface area contributed by atoms with E-state index in [0.717, 1.165) is 39.1 Å². The first kappa shape index (κ1) is 15.2. The lowest BCUT2D eigenvalue weighted by atomic mass is 10.2. The SMILES string of the molecule is NCCCCNCCCCNCc1ccccc1. The lowest BCUT2D eigenvalue weighted by Gasteiger charge is -2.06. The fraction of sp³-hybridized carbons (Fsp3) is 0.600. The summed E-state index contributed by atoms with van der Waals surface area (Å²) in [7, 11) is 0. The molecule has 3 heteroatoms. The van der Waals surface area contributed by atoms with Gasteiger partial charge in [0.1, 0.15) is 0 Å². The Morgan fingerprint density at radius 2 is 1.39 bits per heavy atom. The number of hydrogen-bond donors (Lipinski definition) is 3. The van der Waals surface area contributed by atoms with Gasteiger partial charge in [-0.15, -0.1) is 0 Å². The number of rotatable bonds is 11. The van der Waals surface area contributed by atoms with Gasteiger partial charge in [0.2, 0.25) is 0 Å². The third kappa shape index (κ3) is 8.23. The van der Waals surface area contributed by atoms with Crippen LogP contribution in [-0.2, 0) is 6.54 Å². The van der Waals surface area contributed by atoms with E-state index in [4.69, 9.17) is 5.73 Å². The Kier molecular flexibility index (Phi) is 9.44. The summed E-state index contributed by atoms with van der Waals surface area (Å²) in [5, 5.41) is 6.91. The third-order valence-electron chi connectivity index (χ3n) is 2.94. The van der Waals surface area contributed by atoms with Crippen molar-refractivity contribution < 1.29 is 0 Å². The molecule has 0 aromatic heterocycles. The highest BCUT2D eigenvalue weighted by Crippen LogP contribution is 1.97. The lowest BCUT2D eigenvalue weighted by Crippen LogP contribution is -2.20. The second-order valence-electron chi connectivity index (χ2n) is 4.62. The number of unbranched alkanes of at least 4 members (excludes halogenated alkanes) is 2. The highest BCUT2D eigenvalue weighted by molar-refractivity contribution is 5.14. The smallest absolute Gasteiger partial charge is 0.0205 e. The normalized spacial score (nSPS) is 10.7. The van der Waals surface area contributed by atoms with Crippen LogP contribution in [0.15, 0.2) is 30.3 Å². The van der Waals surface area contributed by atoms with Crippen LogP contribution < -0.4 is 16.4 Å². The molecule has 0 saturated carbocycles. The largest absolute Gasteiger partial charge is 0.330 e. The van der Waals surface area contributed by atoms with Gasteiger partial charge in [0, 0.05) is 6.54 Å². The molecule has 18 heavy (non-hydrogen) atoms. The van der Waals surface area contributed by atoms with E-state index in [2.05, 4.69) is 41.0 Å². The minimum Gasteiger partial charge on any atom is -0.330 e. The molecule has 0 spiro atoms. The van der Waals surface area contributed by atoms with E-state index >= 15 is 0 Å². The minimum absolute atomic E-state index is 0.811. The molecule has 102 valence electrons. The molecule has 0 atom stereocenters. The highest BCUT2D eigenvalue weighted by Gasteiger charge is 1.92. The zero-order valence-corrected chi connectivity index (χ0v) is 11.3. The summed E-state index contributed by atoms with van der Waals surface area (Å²) in [5.41, 5.74) is 6.79. The molecule has 0 aliphatic heterocycles. The van der Waals surface area contributed by atoms with Crippen molar-refractivity contribution in [3.05, 3.63) is 35.9 Å². The first-order valence-electron chi connectivity index (χ1n) is 7.09. The van der Waals surface area contributed by atoms with Gasteiger partial charge >= 0.3 is 0 Å². The van der Waals surface area contributed by atoms with Crippen LogP contribution in [0.1, 0.15) is 31.2 Å². The fourth-order valence-corrected chi connectivity index (χ4v) is 1.85. The standard InChI is InChI=1S/C15H27N3/c16-10-4-5-11-17-12-6-7-13-18-14-15-8-2-1-3-9-15/h1-3,8-9,17-18H,4-7,10-14,16H2. The zero-order valence-electron chi connectivity index (χ0n) is 11.3. The van der Waals surface area contributed by atoms with Crippen molar-refractivity contribution in [3.8, 4) is 0 Å². The van der Waals surface area contributed by atoms with E-state index in [0.29, 0.717) is 0 Å². The number of nitrogens with two attached hydrogens (primary N) is 1. The first-order valence-corrected chi connectivity index (χ1v) is 7.09. The summed E-state index contributed by atoms with van der Waals surface area (Å²) in [6.45, 7) is 5.11. The molecule has 0 aliphatic carbocycles. The second kappa shape index (κ2) is 11.2. The maximum atomic E-state index is 5.44. The van der Waals surface area contributed by atoms with E-state index in [-0.39, 0.29) is 0 Å². The van der Waals surface area contributed by atoms with Crippen molar-refractivity contribution in [1.82, 2.24) is 10.6 Å². The third-order valence-corrected chi connectivity index (χ3v) is 2.94. The molecule has 1 aromatic rings. The predicted molar refractivity (Wildman–Crippen MR) is 78.5 cm³/mol. The van der Waals surface area contributed by atoms with Crippen LogP contribution >= 0.6 is 0 Å². The van der Waals surface area contributed by atoms with Gasteiger partial charge in [0.25, 0.3) is 0 Å². The van der Waals surface area contributed by atoms with Gasteiger partial charge in [0.15, 0.2) is 0 Å². The van der Waals surface area contributed by atoms with Crippen molar-refractivity contribution in [3.63, 3.8) is 0 Å². The van der Waals surface area contributed by atoms with Crippen molar-refractivity contribution in [1.29, 1.82) is 0 Å². The Hall–Kier alpha value is -0.900. The average molecular weight is 249 g/mol. The number of nitrogens with one attached hydrogen (secondary N) is 2. The molecule has 0 heterocycles. The highest BCUT2D eigenvalue weighted by atomic mass is 14.9.